The van der Waals surface area contributed by atoms with E-state index in [2.05, 4.69) is 10.6 Å². The maximum absolute atomic E-state index is 11.6. The lowest BCUT2D eigenvalue weighted by atomic mass is 10.2. The van der Waals surface area contributed by atoms with Crippen LogP contribution >= 0.6 is 23.2 Å². The maximum Gasteiger partial charge on any atom is 0.325 e. The van der Waals surface area contributed by atoms with Crippen LogP contribution in [0.15, 0.2) is 12.1 Å². The van der Waals surface area contributed by atoms with Gasteiger partial charge >= 0.3 is 6.03 Å². The molecule has 2 N–H and O–H groups in total. The minimum Gasteiger partial charge on any atom is -0.495 e. The lowest BCUT2D eigenvalue weighted by Gasteiger charge is -2.13. The Morgan fingerprint density at radius 2 is 1.85 bits per heavy atom. The molecule has 0 aliphatic heterocycles. The largest absolute Gasteiger partial charge is 0.495 e. The zero-order valence-electron chi connectivity index (χ0n) is 11.0. The minimum atomic E-state index is -0.692. The van der Waals surface area contributed by atoms with Gasteiger partial charge in [-0.05, 0) is 0 Å². The number of amides is 3. The summed E-state index contributed by atoms with van der Waals surface area (Å²) in [6.07, 6.45) is 0.0516. The molecule has 0 atom stereocenters. The van der Waals surface area contributed by atoms with Crippen LogP contribution < -0.4 is 20.1 Å². The van der Waals surface area contributed by atoms with E-state index >= 15 is 0 Å². The number of halogens is 2. The average molecular weight is 321 g/mol. The molecule has 8 heteroatoms. The topological polar surface area (TPSA) is 76.7 Å². The zero-order valence-corrected chi connectivity index (χ0v) is 12.5. The van der Waals surface area contributed by atoms with E-state index in [1.54, 1.807) is 0 Å². The van der Waals surface area contributed by atoms with Crippen molar-refractivity contribution in [2.24, 2.45) is 0 Å². The van der Waals surface area contributed by atoms with Crippen molar-refractivity contribution in [2.75, 3.05) is 25.4 Å². The summed E-state index contributed by atoms with van der Waals surface area (Å²) in [6, 6.07) is 2.30. The Kier molecular flexibility index (Phi) is 6.41. The number of benzene rings is 1. The molecule has 0 aliphatic rings. The normalized spacial score (nSPS) is 9.80. The first-order valence-electron chi connectivity index (χ1n) is 5.60. The van der Waals surface area contributed by atoms with E-state index in [1.807, 2.05) is 0 Å². The summed E-state index contributed by atoms with van der Waals surface area (Å²) in [6.45, 7) is 0. The van der Waals surface area contributed by atoms with Crippen LogP contribution in [-0.4, -0.2) is 32.0 Å². The molecular weight excluding hydrogens is 307 g/mol. The van der Waals surface area contributed by atoms with Crippen molar-refractivity contribution in [3.8, 4) is 11.5 Å². The Hall–Kier alpha value is -1.66. The molecule has 1 aromatic carbocycles. The van der Waals surface area contributed by atoms with Gasteiger partial charge in [-0.15, -0.1) is 11.6 Å². The van der Waals surface area contributed by atoms with Gasteiger partial charge in [-0.1, -0.05) is 11.6 Å². The van der Waals surface area contributed by atoms with Crippen molar-refractivity contribution in [1.29, 1.82) is 0 Å². The highest BCUT2D eigenvalue weighted by Gasteiger charge is 2.13. The van der Waals surface area contributed by atoms with Gasteiger partial charge in [0, 0.05) is 24.4 Å². The number of rotatable bonds is 5. The van der Waals surface area contributed by atoms with E-state index in [4.69, 9.17) is 32.7 Å². The lowest BCUT2D eigenvalue weighted by molar-refractivity contribution is -0.119. The molecule has 0 saturated carbocycles. The molecule has 0 radical (unpaired) electrons. The minimum absolute atomic E-state index is 0.0516. The van der Waals surface area contributed by atoms with E-state index in [9.17, 15) is 9.59 Å². The predicted octanol–water partition coefficient (Wildman–Crippen LogP) is 2.63. The second-order valence-electron chi connectivity index (χ2n) is 3.63. The van der Waals surface area contributed by atoms with Crippen LogP contribution in [0.25, 0.3) is 0 Å². The van der Waals surface area contributed by atoms with Crippen molar-refractivity contribution < 1.29 is 19.1 Å². The Balaban J connectivity index is 2.85. The van der Waals surface area contributed by atoms with Crippen molar-refractivity contribution in [3.05, 3.63) is 17.2 Å². The van der Waals surface area contributed by atoms with Crippen LogP contribution in [-0.2, 0) is 4.79 Å². The Morgan fingerprint density at radius 1 is 1.20 bits per heavy atom. The van der Waals surface area contributed by atoms with Gasteiger partial charge in [0.05, 0.1) is 24.9 Å². The number of hydrogen-bond acceptors (Lipinski definition) is 4. The number of alkyl halides is 1. The SMILES string of the molecule is COc1cc(NC(=O)NC(=O)CCCl)c(OC)cc1Cl. The molecule has 3 amide bonds. The fourth-order valence-electron chi connectivity index (χ4n) is 1.39. The van der Waals surface area contributed by atoms with Crippen LogP contribution in [0.5, 0.6) is 11.5 Å². The molecule has 110 valence electrons. The van der Waals surface area contributed by atoms with Crippen molar-refractivity contribution in [3.63, 3.8) is 0 Å². The molecule has 20 heavy (non-hydrogen) atoms. The molecule has 1 aromatic rings. The maximum atomic E-state index is 11.6. The fraction of sp³-hybridized carbons (Fsp3) is 0.333. The number of methoxy groups -OCH3 is 2. The summed E-state index contributed by atoms with van der Waals surface area (Å²) >= 11 is 11.3. The molecule has 0 unspecified atom stereocenters. The summed E-state index contributed by atoms with van der Waals surface area (Å²) in [5.41, 5.74) is 0.324. The van der Waals surface area contributed by atoms with Gasteiger partial charge in [0.15, 0.2) is 0 Å². The molecule has 0 fully saturated rings. The summed E-state index contributed by atoms with van der Waals surface area (Å²) in [5.74, 6) is 0.375. The van der Waals surface area contributed by atoms with E-state index in [-0.39, 0.29) is 12.3 Å². The van der Waals surface area contributed by atoms with Crippen LogP contribution in [0.3, 0.4) is 0 Å². The predicted molar refractivity (Wildman–Crippen MR) is 77.1 cm³/mol. The number of hydrogen-bond donors (Lipinski definition) is 2. The van der Waals surface area contributed by atoms with E-state index in [0.29, 0.717) is 22.2 Å². The van der Waals surface area contributed by atoms with Crippen LogP contribution in [0.2, 0.25) is 5.02 Å². The molecule has 0 saturated heterocycles. The Morgan fingerprint density at radius 3 is 2.40 bits per heavy atom. The van der Waals surface area contributed by atoms with Gasteiger partial charge in [0.25, 0.3) is 0 Å². The first kappa shape index (κ1) is 16.4. The Bertz CT molecular complexity index is 508. The van der Waals surface area contributed by atoms with Crippen LogP contribution in [0.4, 0.5) is 10.5 Å². The monoisotopic (exact) mass is 320 g/mol. The fourth-order valence-corrected chi connectivity index (χ4v) is 1.79. The van der Waals surface area contributed by atoms with E-state index in [1.165, 1.54) is 26.4 Å². The highest BCUT2D eigenvalue weighted by molar-refractivity contribution is 6.32. The first-order chi connectivity index (χ1) is 9.51. The lowest BCUT2D eigenvalue weighted by Crippen LogP contribution is -2.34. The number of carbonyl (C=O) groups excluding carboxylic acids is 2. The molecular formula is C12H14Cl2N2O4. The third-order valence-electron chi connectivity index (χ3n) is 2.30. The number of carbonyl (C=O) groups is 2. The number of ether oxygens (including phenoxy) is 2. The van der Waals surface area contributed by atoms with Gasteiger partial charge in [0.1, 0.15) is 11.5 Å². The van der Waals surface area contributed by atoms with Gasteiger partial charge < -0.3 is 14.8 Å². The van der Waals surface area contributed by atoms with Crippen molar-refractivity contribution in [2.45, 2.75) is 6.42 Å². The van der Waals surface area contributed by atoms with Crippen LogP contribution in [0.1, 0.15) is 6.42 Å². The molecule has 6 nitrogen and oxygen atoms in total. The Labute approximate surface area is 126 Å². The quantitative estimate of drug-likeness (QED) is 0.818. The van der Waals surface area contributed by atoms with Crippen LogP contribution in [0, 0.1) is 0 Å². The van der Waals surface area contributed by atoms with Gasteiger partial charge in [-0.3, -0.25) is 10.1 Å². The third-order valence-corrected chi connectivity index (χ3v) is 2.78. The highest BCUT2D eigenvalue weighted by Crippen LogP contribution is 2.35. The number of nitrogens with one attached hydrogen (secondary N) is 2. The second-order valence-corrected chi connectivity index (χ2v) is 4.41. The highest BCUT2D eigenvalue weighted by atomic mass is 35.5. The van der Waals surface area contributed by atoms with E-state index in [0.717, 1.165) is 0 Å². The second kappa shape index (κ2) is 7.81. The molecule has 0 aromatic heterocycles. The zero-order chi connectivity index (χ0) is 15.1. The smallest absolute Gasteiger partial charge is 0.325 e. The standard InChI is InChI=1S/C12H14Cl2N2O4/c1-19-9-6-8(10(20-2)5-7(9)14)15-12(18)16-11(17)3-4-13/h5-6H,3-4H2,1-2H3,(H2,15,16,17,18). The first-order valence-corrected chi connectivity index (χ1v) is 6.51. The summed E-state index contributed by atoms with van der Waals surface area (Å²) in [5, 5.41) is 4.95. The van der Waals surface area contributed by atoms with Gasteiger partial charge in [0.2, 0.25) is 5.91 Å². The third kappa shape index (κ3) is 4.47. The molecule has 0 spiro atoms. The number of anilines is 1. The van der Waals surface area contributed by atoms with Crippen molar-refractivity contribution >= 4 is 40.8 Å². The average Bonchev–Trinajstić information content (AvgIpc) is 2.40. The number of urea groups is 1. The molecule has 0 aliphatic carbocycles. The summed E-state index contributed by atoms with van der Waals surface area (Å²) in [7, 11) is 2.88. The molecule has 0 bridgehead atoms. The van der Waals surface area contributed by atoms with Gasteiger partial charge in [-0.2, -0.15) is 0 Å². The molecule has 0 heterocycles. The van der Waals surface area contributed by atoms with Gasteiger partial charge in [-0.25, -0.2) is 4.79 Å². The summed E-state index contributed by atoms with van der Waals surface area (Å²) < 4.78 is 10.1. The summed E-state index contributed by atoms with van der Waals surface area (Å²) in [4.78, 5) is 22.9. The van der Waals surface area contributed by atoms with Crippen molar-refractivity contribution in [1.82, 2.24) is 5.32 Å². The van der Waals surface area contributed by atoms with E-state index < -0.39 is 11.9 Å². The molecule has 1 rings (SSSR count). The number of imide groups is 1.